The van der Waals surface area contributed by atoms with Crippen molar-refractivity contribution in [2.75, 3.05) is 20.2 Å². The number of benzene rings is 2. The van der Waals surface area contributed by atoms with Crippen molar-refractivity contribution < 1.29 is 17.9 Å². The topological polar surface area (TPSA) is 75.7 Å². The fraction of sp³-hybridized carbons (Fsp3) is 0.381. The molecule has 0 fully saturated rings. The van der Waals surface area contributed by atoms with Crippen LogP contribution in [-0.4, -0.2) is 45.5 Å². The summed E-state index contributed by atoms with van der Waals surface area (Å²) < 4.78 is 34.0. The van der Waals surface area contributed by atoms with Gasteiger partial charge in [-0.3, -0.25) is 4.79 Å². The van der Waals surface area contributed by atoms with Gasteiger partial charge in [0, 0.05) is 13.1 Å². The van der Waals surface area contributed by atoms with Gasteiger partial charge in [0.1, 0.15) is 16.7 Å². The minimum Gasteiger partial charge on any atom is -0.495 e. The zero-order chi connectivity index (χ0) is 20.7. The lowest BCUT2D eigenvalue weighted by molar-refractivity contribution is -0.132. The van der Waals surface area contributed by atoms with Gasteiger partial charge in [-0.05, 0) is 50.5 Å². The zero-order valence-corrected chi connectivity index (χ0v) is 17.6. The Morgan fingerprint density at radius 3 is 2.32 bits per heavy atom. The number of nitrogens with one attached hydrogen (secondary N) is 1. The molecular formula is C21H28N2O4S. The summed E-state index contributed by atoms with van der Waals surface area (Å²) in [6, 6.07) is 13.4. The number of nitrogens with zero attached hydrogens (tertiary/aromatic N) is 1. The second-order valence-corrected chi connectivity index (χ2v) is 8.21. The van der Waals surface area contributed by atoms with Gasteiger partial charge < -0.3 is 9.64 Å². The third kappa shape index (κ3) is 5.33. The summed E-state index contributed by atoms with van der Waals surface area (Å²) in [4.78, 5) is 14.7. The number of amides is 1. The summed E-state index contributed by atoms with van der Waals surface area (Å²) in [7, 11) is -2.54. The molecule has 1 amide bonds. The largest absolute Gasteiger partial charge is 0.495 e. The number of hydrogen-bond acceptors (Lipinski definition) is 4. The average molecular weight is 405 g/mol. The molecule has 0 saturated carbocycles. The molecule has 0 unspecified atom stereocenters. The van der Waals surface area contributed by atoms with Crippen molar-refractivity contribution in [3.8, 4) is 5.75 Å². The lowest BCUT2D eigenvalue weighted by Crippen LogP contribution is -2.49. The van der Waals surface area contributed by atoms with Crippen molar-refractivity contribution in [2.24, 2.45) is 0 Å². The number of carbonyl (C=O) groups excluding carboxylic acids is 1. The molecule has 2 rings (SSSR count). The molecule has 1 atom stereocenters. The summed E-state index contributed by atoms with van der Waals surface area (Å²) in [6.07, 6.45) is 0.267. The molecule has 0 spiro atoms. The van der Waals surface area contributed by atoms with Gasteiger partial charge in [-0.25, -0.2) is 8.42 Å². The number of sulfonamides is 1. The minimum absolute atomic E-state index is 0.0282. The van der Waals surface area contributed by atoms with Crippen molar-refractivity contribution in [3.05, 3.63) is 59.7 Å². The van der Waals surface area contributed by atoms with Gasteiger partial charge in [0.2, 0.25) is 15.9 Å². The Bertz CT molecular complexity index is 894. The number of ether oxygens (including phenoxy) is 1. The molecule has 6 nitrogen and oxygen atoms in total. The molecular weight excluding hydrogens is 376 g/mol. The van der Waals surface area contributed by atoms with E-state index in [-0.39, 0.29) is 23.0 Å². The normalized spacial score (nSPS) is 12.4. The van der Waals surface area contributed by atoms with Crippen LogP contribution in [0.3, 0.4) is 0 Å². The van der Waals surface area contributed by atoms with Crippen LogP contribution in [0.25, 0.3) is 0 Å². The van der Waals surface area contributed by atoms with E-state index in [9.17, 15) is 13.2 Å². The predicted molar refractivity (Wildman–Crippen MR) is 110 cm³/mol. The van der Waals surface area contributed by atoms with Gasteiger partial charge in [-0.1, -0.05) is 36.4 Å². The van der Waals surface area contributed by atoms with E-state index in [1.165, 1.54) is 7.11 Å². The third-order valence-corrected chi connectivity index (χ3v) is 6.05. The Morgan fingerprint density at radius 1 is 1.11 bits per heavy atom. The Morgan fingerprint density at radius 2 is 1.75 bits per heavy atom. The minimum atomic E-state index is -3.96. The SMILES string of the molecule is CCN(CC)C(=O)[C@H](Cc1ccccc1)NS(=O)(=O)c1cc(C)ccc1OC. The molecule has 7 heteroatoms. The maximum Gasteiger partial charge on any atom is 0.244 e. The number of likely N-dealkylation sites (N-methyl/N-ethyl adjacent to an activating group) is 1. The average Bonchev–Trinajstić information content (AvgIpc) is 2.69. The molecule has 0 aliphatic rings. The number of carbonyl (C=O) groups is 1. The first-order chi connectivity index (χ1) is 13.3. The molecule has 152 valence electrons. The number of hydrogen-bond donors (Lipinski definition) is 1. The third-order valence-electron chi connectivity index (χ3n) is 4.56. The Labute approximate surface area is 167 Å². The van der Waals surface area contributed by atoms with Crippen molar-refractivity contribution in [1.82, 2.24) is 9.62 Å². The van der Waals surface area contributed by atoms with Crippen molar-refractivity contribution >= 4 is 15.9 Å². The smallest absolute Gasteiger partial charge is 0.244 e. The highest BCUT2D eigenvalue weighted by atomic mass is 32.2. The first kappa shape index (κ1) is 21.9. The van der Waals surface area contributed by atoms with E-state index in [1.807, 2.05) is 44.2 Å². The maximum atomic E-state index is 13.1. The Balaban J connectivity index is 2.40. The monoisotopic (exact) mass is 404 g/mol. The summed E-state index contributed by atoms with van der Waals surface area (Å²) in [5.74, 6) is -0.00380. The van der Waals surface area contributed by atoms with Crippen LogP contribution in [0.2, 0.25) is 0 Å². The summed E-state index contributed by atoms with van der Waals surface area (Å²) >= 11 is 0. The highest BCUT2D eigenvalue weighted by Crippen LogP contribution is 2.25. The van der Waals surface area contributed by atoms with Crippen LogP contribution in [0.1, 0.15) is 25.0 Å². The van der Waals surface area contributed by atoms with Crippen LogP contribution in [-0.2, 0) is 21.2 Å². The van der Waals surface area contributed by atoms with Crippen molar-refractivity contribution in [2.45, 2.75) is 38.1 Å². The highest BCUT2D eigenvalue weighted by molar-refractivity contribution is 7.89. The van der Waals surface area contributed by atoms with E-state index in [4.69, 9.17) is 4.74 Å². The molecule has 2 aromatic rings. The van der Waals surface area contributed by atoms with E-state index < -0.39 is 16.1 Å². The molecule has 28 heavy (non-hydrogen) atoms. The Kier molecular flexibility index (Phi) is 7.60. The van der Waals surface area contributed by atoms with Crippen LogP contribution >= 0.6 is 0 Å². The number of rotatable bonds is 9. The van der Waals surface area contributed by atoms with Crippen LogP contribution in [0, 0.1) is 6.92 Å². The van der Waals surface area contributed by atoms with E-state index in [2.05, 4.69) is 4.72 Å². The fourth-order valence-corrected chi connectivity index (χ4v) is 4.47. The molecule has 0 heterocycles. The van der Waals surface area contributed by atoms with Gasteiger partial charge in [0.05, 0.1) is 7.11 Å². The molecule has 0 aromatic heterocycles. The maximum absolute atomic E-state index is 13.1. The summed E-state index contributed by atoms with van der Waals surface area (Å²) in [5.41, 5.74) is 1.67. The van der Waals surface area contributed by atoms with Crippen LogP contribution in [0.5, 0.6) is 5.75 Å². The Hall–Kier alpha value is -2.38. The van der Waals surface area contributed by atoms with E-state index in [1.54, 1.807) is 30.0 Å². The van der Waals surface area contributed by atoms with E-state index in [0.717, 1.165) is 11.1 Å². The summed E-state index contributed by atoms with van der Waals surface area (Å²) in [6.45, 7) is 6.57. The molecule has 0 radical (unpaired) electrons. The van der Waals surface area contributed by atoms with E-state index in [0.29, 0.717) is 13.1 Å². The highest BCUT2D eigenvalue weighted by Gasteiger charge is 2.30. The van der Waals surface area contributed by atoms with Crippen LogP contribution in [0.15, 0.2) is 53.4 Å². The quantitative estimate of drug-likeness (QED) is 0.697. The summed E-state index contributed by atoms with van der Waals surface area (Å²) in [5, 5.41) is 0. The van der Waals surface area contributed by atoms with Crippen molar-refractivity contribution in [3.63, 3.8) is 0 Å². The predicted octanol–water partition coefficient (Wildman–Crippen LogP) is 2.76. The second-order valence-electron chi connectivity index (χ2n) is 6.53. The molecule has 2 aromatic carbocycles. The number of aryl methyl sites for hydroxylation is 1. The molecule has 0 saturated heterocycles. The zero-order valence-electron chi connectivity index (χ0n) is 16.8. The van der Waals surface area contributed by atoms with Gasteiger partial charge >= 0.3 is 0 Å². The first-order valence-corrected chi connectivity index (χ1v) is 10.8. The van der Waals surface area contributed by atoms with Gasteiger partial charge in [0.25, 0.3) is 0 Å². The lowest BCUT2D eigenvalue weighted by Gasteiger charge is -2.26. The fourth-order valence-electron chi connectivity index (χ4n) is 3.03. The molecule has 1 N–H and O–H groups in total. The van der Waals surface area contributed by atoms with Crippen LogP contribution in [0.4, 0.5) is 0 Å². The molecule has 0 bridgehead atoms. The standard InChI is InChI=1S/C21H28N2O4S/c1-5-23(6-2)21(24)18(15-17-10-8-7-9-11-17)22-28(25,26)20-14-16(3)12-13-19(20)27-4/h7-14,18,22H,5-6,15H2,1-4H3/t18-/m0/s1. The second kappa shape index (κ2) is 9.71. The van der Waals surface area contributed by atoms with Gasteiger partial charge in [0.15, 0.2) is 0 Å². The number of methoxy groups -OCH3 is 1. The molecule has 0 aliphatic carbocycles. The van der Waals surface area contributed by atoms with Crippen molar-refractivity contribution in [1.29, 1.82) is 0 Å². The molecule has 0 aliphatic heterocycles. The van der Waals surface area contributed by atoms with Gasteiger partial charge in [-0.2, -0.15) is 4.72 Å². The first-order valence-electron chi connectivity index (χ1n) is 9.32. The van der Waals surface area contributed by atoms with Gasteiger partial charge in [-0.15, -0.1) is 0 Å². The van der Waals surface area contributed by atoms with Crippen LogP contribution < -0.4 is 9.46 Å². The van der Waals surface area contributed by atoms with E-state index >= 15 is 0 Å². The lowest BCUT2D eigenvalue weighted by atomic mass is 10.1.